The van der Waals surface area contributed by atoms with Crippen LogP contribution in [-0.4, -0.2) is 53.7 Å². The molecule has 0 bridgehead atoms. The molecular formula is C20H25ClN4O3S2. The molecule has 162 valence electrons. The summed E-state index contributed by atoms with van der Waals surface area (Å²) in [5, 5.41) is 0. The minimum Gasteiger partial charge on any atom is -0.338 e. The van der Waals surface area contributed by atoms with Crippen LogP contribution in [0.2, 0.25) is 4.34 Å². The molecule has 0 spiro atoms. The van der Waals surface area contributed by atoms with E-state index < -0.39 is 10.0 Å². The first-order valence-electron chi connectivity index (χ1n) is 9.53. The summed E-state index contributed by atoms with van der Waals surface area (Å²) in [5.74, 6) is 0.790. The van der Waals surface area contributed by atoms with Crippen LogP contribution in [0.4, 0.5) is 0 Å². The number of rotatable bonds is 8. The minimum atomic E-state index is -3.53. The van der Waals surface area contributed by atoms with Crippen molar-refractivity contribution in [1.29, 1.82) is 0 Å². The molecule has 0 aliphatic heterocycles. The quantitative estimate of drug-likeness (QED) is 0.507. The third kappa shape index (κ3) is 4.69. The van der Waals surface area contributed by atoms with E-state index in [-0.39, 0.29) is 10.8 Å². The lowest BCUT2D eigenvalue weighted by Gasteiger charge is -2.20. The van der Waals surface area contributed by atoms with Gasteiger partial charge in [-0.1, -0.05) is 11.6 Å². The van der Waals surface area contributed by atoms with Gasteiger partial charge in [0.25, 0.3) is 0 Å². The first kappa shape index (κ1) is 22.7. The van der Waals surface area contributed by atoms with Gasteiger partial charge in [0.15, 0.2) is 0 Å². The van der Waals surface area contributed by atoms with E-state index >= 15 is 0 Å². The molecule has 10 heteroatoms. The van der Waals surface area contributed by atoms with Gasteiger partial charge < -0.3 is 9.47 Å². The van der Waals surface area contributed by atoms with Gasteiger partial charge in [-0.2, -0.15) is 0 Å². The maximum atomic E-state index is 12.7. The van der Waals surface area contributed by atoms with Gasteiger partial charge in [0.2, 0.25) is 15.9 Å². The van der Waals surface area contributed by atoms with Crippen LogP contribution in [0, 0.1) is 0 Å². The number of carbonyl (C=O) groups is 1. The maximum absolute atomic E-state index is 12.7. The molecule has 0 N–H and O–H groups in total. The number of nitrogens with zero attached hydrogens (tertiary/aromatic N) is 4. The Morgan fingerprint density at radius 2 is 1.97 bits per heavy atom. The van der Waals surface area contributed by atoms with Crippen LogP contribution in [-0.2, 0) is 34.8 Å². The highest BCUT2D eigenvalue weighted by Gasteiger charge is 2.20. The molecule has 2 heterocycles. The zero-order chi connectivity index (χ0) is 22.1. The SMILES string of the molecule is CCN(Cc1ccc(Cl)s1)C(=O)CCc1nc2cc(S(=O)(=O)N(C)C)ccc2n1C. The Morgan fingerprint density at radius 1 is 1.23 bits per heavy atom. The van der Waals surface area contributed by atoms with Crippen molar-refractivity contribution in [3.63, 3.8) is 0 Å². The number of aryl methyl sites for hydroxylation is 2. The number of imidazole rings is 1. The predicted octanol–water partition coefficient (Wildman–Crippen LogP) is 3.52. The summed E-state index contributed by atoms with van der Waals surface area (Å²) in [7, 11) is 1.35. The van der Waals surface area contributed by atoms with Crippen molar-refractivity contribution in [2.24, 2.45) is 7.05 Å². The summed E-state index contributed by atoms with van der Waals surface area (Å²) < 4.78 is 28.5. The lowest BCUT2D eigenvalue weighted by atomic mass is 10.2. The topological polar surface area (TPSA) is 75.5 Å². The van der Waals surface area contributed by atoms with E-state index in [1.165, 1.54) is 29.7 Å². The fourth-order valence-electron chi connectivity index (χ4n) is 3.20. The van der Waals surface area contributed by atoms with Crippen molar-refractivity contribution < 1.29 is 13.2 Å². The number of amides is 1. The third-order valence-corrected chi connectivity index (χ3v) is 8.02. The maximum Gasteiger partial charge on any atom is 0.242 e. The standard InChI is InChI=1S/C20H25ClN4O3S2/c1-5-25(13-14-6-9-18(21)29-14)20(26)11-10-19-22-16-12-15(30(27,28)23(2)3)7-8-17(16)24(19)4/h6-9,12H,5,10-11,13H2,1-4H3. The van der Waals surface area contributed by atoms with Crippen molar-refractivity contribution in [3.05, 3.63) is 45.4 Å². The molecule has 1 aromatic carbocycles. The fraction of sp³-hybridized carbons (Fsp3) is 0.400. The van der Waals surface area contributed by atoms with Crippen LogP contribution in [0.15, 0.2) is 35.2 Å². The van der Waals surface area contributed by atoms with E-state index in [0.717, 1.165) is 16.2 Å². The van der Waals surface area contributed by atoms with Crippen LogP contribution in [0.1, 0.15) is 24.0 Å². The predicted molar refractivity (Wildman–Crippen MR) is 120 cm³/mol. The molecule has 0 saturated heterocycles. The number of halogens is 1. The molecule has 2 aromatic heterocycles. The molecule has 3 rings (SSSR count). The summed E-state index contributed by atoms with van der Waals surface area (Å²) in [6.07, 6.45) is 0.800. The van der Waals surface area contributed by atoms with E-state index in [1.807, 2.05) is 30.7 Å². The molecule has 30 heavy (non-hydrogen) atoms. The lowest BCUT2D eigenvalue weighted by Crippen LogP contribution is -2.30. The first-order valence-corrected chi connectivity index (χ1v) is 12.2. The molecule has 0 atom stereocenters. The number of sulfonamides is 1. The molecule has 1 amide bonds. The largest absolute Gasteiger partial charge is 0.338 e. The molecule has 0 radical (unpaired) electrons. The highest BCUT2D eigenvalue weighted by atomic mass is 35.5. The number of fused-ring (bicyclic) bond motifs is 1. The molecule has 0 saturated carbocycles. The van der Waals surface area contributed by atoms with Crippen LogP contribution in [0.25, 0.3) is 11.0 Å². The smallest absolute Gasteiger partial charge is 0.242 e. The van der Waals surface area contributed by atoms with Gasteiger partial charge in [-0.05, 0) is 37.3 Å². The van der Waals surface area contributed by atoms with Gasteiger partial charge in [-0.3, -0.25) is 4.79 Å². The number of carbonyl (C=O) groups excluding carboxylic acids is 1. The molecule has 0 unspecified atom stereocenters. The van der Waals surface area contributed by atoms with E-state index in [4.69, 9.17) is 11.6 Å². The van der Waals surface area contributed by atoms with E-state index in [2.05, 4.69) is 4.98 Å². The van der Waals surface area contributed by atoms with E-state index in [9.17, 15) is 13.2 Å². The van der Waals surface area contributed by atoms with E-state index in [0.29, 0.717) is 35.8 Å². The second-order valence-electron chi connectivity index (χ2n) is 7.14. The van der Waals surface area contributed by atoms with Gasteiger partial charge >= 0.3 is 0 Å². The van der Waals surface area contributed by atoms with Crippen molar-refractivity contribution in [3.8, 4) is 0 Å². The Morgan fingerprint density at radius 3 is 2.57 bits per heavy atom. The molecule has 0 fully saturated rings. The van der Waals surface area contributed by atoms with Crippen molar-refractivity contribution in [1.82, 2.24) is 18.8 Å². The second kappa shape index (κ2) is 9.05. The van der Waals surface area contributed by atoms with Crippen LogP contribution in [0.5, 0.6) is 0 Å². The summed E-state index contributed by atoms with van der Waals surface area (Å²) >= 11 is 7.46. The summed E-state index contributed by atoms with van der Waals surface area (Å²) in [6.45, 7) is 3.11. The normalized spacial score (nSPS) is 12.1. The lowest BCUT2D eigenvalue weighted by molar-refractivity contribution is -0.131. The van der Waals surface area contributed by atoms with Crippen molar-refractivity contribution >= 4 is 49.9 Å². The van der Waals surface area contributed by atoms with Gasteiger partial charge in [-0.15, -0.1) is 11.3 Å². The fourth-order valence-corrected chi connectivity index (χ4v) is 5.23. The summed E-state index contributed by atoms with van der Waals surface area (Å²) in [5.41, 5.74) is 1.43. The number of benzene rings is 1. The average Bonchev–Trinajstić information content (AvgIpc) is 3.26. The Bertz CT molecular complexity index is 1170. The van der Waals surface area contributed by atoms with Gasteiger partial charge in [-0.25, -0.2) is 17.7 Å². The Balaban J connectivity index is 1.75. The van der Waals surface area contributed by atoms with Gasteiger partial charge in [0, 0.05) is 45.4 Å². The van der Waals surface area contributed by atoms with Crippen molar-refractivity contribution in [2.75, 3.05) is 20.6 Å². The molecule has 7 nitrogen and oxygen atoms in total. The van der Waals surface area contributed by atoms with Gasteiger partial charge in [0.05, 0.1) is 26.8 Å². The number of hydrogen-bond acceptors (Lipinski definition) is 5. The number of thiophene rings is 1. The molecule has 0 aliphatic carbocycles. The third-order valence-electron chi connectivity index (χ3n) is 5.00. The summed E-state index contributed by atoms with van der Waals surface area (Å²) in [6, 6.07) is 8.69. The highest BCUT2D eigenvalue weighted by Crippen LogP contribution is 2.24. The Hall–Kier alpha value is -1.94. The van der Waals surface area contributed by atoms with Gasteiger partial charge in [0.1, 0.15) is 5.82 Å². The zero-order valence-electron chi connectivity index (χ0n) is 17.4. The number of aromatic nitrogens is 2. The summed E-state index contributed by atoms with van der Waals surface area (Å²) in [4.78, 5) is 20.4. The highest BCUT2D eigenvalue weighted by molar-refractivity contribution is 7.89. The molecule has 0 aliphatic rings. The van der Waals surface area contributed by atoms with Crippen LogP contribution < -0.4 is 0 Å². The second-order valence-corrected chi connectivity index (χ2v) is 11.1. The Labute approximate surface area is 185 Å². The van der Waals surface area contributed by atoms with Crippen molar-refractivity contribution in [2.45, 2.75) is 31.2 Å². The zero-order valence-corrected chi connectivity index (χ0v) is 19.8. The van der Waals surface area contributed by atoms with Crippen LogP contribution >= 0.6 is 22.9 Å². The minimum absolute atomic E-state index is 0.0463. The molecule has 3 aromatic rings. The van der Waals surface area contributed by atoms with Crippen LogP contribution in [0.3, 0.4) is 0 Å². The molecular weight excluding hydrogens is 444 g/mol. The average molecular weight is 469 g/mol. The first-order chi connectivity index (χ1) is 14.1. The van der Waals surface area contributed by atoms with E-state index in [1.54, 1.807) is 23.1 Å². The monoisotopic (exact) mass is 468 g/mol. The number of hydrogen-bond donors (Lipinski definition) is 0. The Kier molecular flexibility index (Phi) is 6.86.